The van der Waals surface area contributed by atoms with E-state index < -0.39 is 159 Å². The van der Waals surface area contributed by atoms with Crippen LogP contribution in [-0.2, 0) is 61.8 Å². The Hall–Kier alpha value is -2.76. The predicted molar refractivity (Wildman–Crippen MR) is 170 cm³/mol. The highest BCUT2D eigenvalue weighted by atomic mass is 16.8. The van der Waals surface area contributed by atoms with Crippen molar-refractivity contribution in [3.8, 4) is 0 Å². The summed E-state index contributed by atoms with van der Waals surface area (Å²) < 4.78 is 49.5. The average molecular weight is 803 g/mol. The molecule has 0 radical (unpaired) electrons. The van der Waals surface area contributed by atoms with Crippen LogP contribution in [0.5, 0.6) is 0 Å². The van der Waals surface area contributed by atoms with Gasteiger partial charge in [0, 0.05) is 13.8 Å². The van der Waals surface area contributed by atoms with Crippen LogP contribution in [0.3, 0.4) is 0 Å². The number of hydrogen-bond acceptors (Lipinski definition) is 22. The maximum atomic E-state index is 13.1. The van der Waals surface area contributed by atoms with Crippen molar-refractivity contribution in [2.75, 3.05) is 27.4 Å². The van der Waals surface area contributed by atoms with E-state index in [9.17, 15) is 65.1 Å². The monoisotopic (exact) mass is 802 g/mol. The highest BCUT2D eigenvalue weighted by Crippen LogP contribution is 2.35. The summed E-state index contributed by atoms with van der Waals surface area (Å²) in [5, 5.41) is 101. The fourth-order valence-corrected chi connectivity index (χ4v) is 6.69. The molecule has 24 heteroatoms. The van der Waals surface area contributed by atoms with Crippen LogP contribution in [0.2, 0.25) is 0 Å². The summed E-state index contributed by atoms with van der Waals surface area (Å²) in [6.45, 7) is 1.71. The summed E-state index contributed by atoms with van der Waals surface area (Å²) in [5.74, 6) is -3.77. The van der Waals surface area contributed by atoms with E-state index in [2.05, 4.69) is 10.6 Å². The van der Waals surface area contributed by atoms with Crippen molar-refractivity contribution >= 4 is 23.8 Å². The quantitative estimate of drug-likeness (QED) is 0.0816. The second-order valence-corrected chi connectivity index (χ2v) is 13.4. The van der Waals surface area contributed by atoms with Crippen molar-refractivity contribution in [3.05, 3.63) is 0 Å². The minimum atomic E-state index is -2.19. The number of ether oxygens (including phenoxy) is 9. The molecule has 316 valence electrons. The highest BCUT2D eigenvalue weighted by molar-refractivity contribution is 5.76. The van der Waals surface area contributed by atoms with Crippen LogP contribution in [0.4, 0.5) is 0 Å². The lowest BCUT2D eigenvalue weighted by Crippen LogP contribution is -2.70. The fourth-order valence-electron chi connectivity index (χ4n) is 6.69. The molecule has 4 aliphatic rings. The lowest BCUT2D eigenvalue weighted by atomic mass is 9.93. The van der Waals surface area contributed by atoms with Crippen LogP contribution in [0.25, 0.3) is 0 Å². The molecule has 4 heterocycles. The molecule has 2 amide bonds. The smallest absolute Gasteiger partial charge is 0.337 e. The molecule has 0 saturated carbocycles. The summed E-state index contributed by atoms with van der Waals surface area (Å²) in [4.78, 5) is 50.0. The maximum absolute atomic E-state index is 13.1. The van der Waals surface area contributed by atoms with Gasteiger partial charge in [0.05, 0.1) is 33.5 Å². The molecule has 4 aliphatic heterocycles. The number of carbonyl (C=O) groups is 4. The summed E-state index contributed by atoms with van der Waals surface area (Å²) in [7, 11) is 1.95. The first-order valence-electron chi connectivity index (χ1n) is 17.2. The highest BCUT2D eigenvalue weighted by Gasteiger charge is 2.57. The maximum Gasteiger partial charge on any atom is 0.337 e. The van der Waals surface area contributed by atoms with Crippen molar-refractivity contribution in [2.24, 2.45) is 0 Å². The Morgan fingerprint density at radius 3 is 1.45 bits per heavy atom. The van der Waals surface area contributed by atoms with Gasteiger partial charge in [-0.3, -0.25) is 9.59 Å². The number of carbonyl (C=O) groups excluding carboxylic acids is 4. The molecule has 20 unspecified atom stereocenters. The molecule has 0 aromatic carbocycles. The zero-order valence-corrected chi connectivity index (χ0v) is 30.3. The lowest BCUT2D eigenvalue weighted by molar-refractivity contribution is -0.366. The number of aliphatic hydroxyl groups is 9. The third-order valence-corrected chi connectivity index (χ3v) is 9.59. The van der Waals surface area contributed by atoms with E-state index in [1.165, 1.54) is 6.92 Å². The SMILES string of the molecule is COC(=O)C1OC(C)C(O)C(O)C1OC1OC(CO)C(O)C(OC2OC(C(=O)OC)C(OC3OC(CO)C(O)C(O)C3NC(C)=O)C(O)C2O)C1NC(C)=O. The normalized spacial score (nSPS) is 44.9. The minimum Gasteiger partial charge on any atom is -0.467 e. The number of rotatable bonds is 12. The number of methoxy groups -OCH3 is 2. The summed E-state index contributed by atoms with van der Waals surface area (Å²) in [5.41, 5.74) is 0. The molecule has 0 bridgehead atoms. The molecule has 4 saturated heterocycles. The summed E-state index contributed by atoms with van der Waals surface area (Å²) >= 11 is 0. The zero-order chi connectivity index (χ0) is 41.0. The Balaban J connectivity index is 1.65. The van der Waals surface area contributed by atoms with Crippen LogP contribution < -0.4 is 10.6 Å². The largest absolute Gasteiger partial charge is 0.467 e. The molecule has 11 N–H and O–H groups in total. The number of hydrogen-bond donors (Lipinski definition) is 11. The standard InChI is InChI=1S/C31H50N2O22/c1-8-15(38)19(42)23(25(49-8)27(45)47-4)54-30-14(33-10(3)37)22(17(40)12(7-35)51-30)52-31-21(44)20(43)24(26(55-31)28(46)48-5)53-29-13(32-9(2)36)18(41)16(39)11(6-34)50-29/h8,11-26,29-31,34-35,38-44H,6-7H2,1-5H3,(H,32,36)(H,33,37). The molecule has 4 rings (SSSR count). The van der Waals surface area contributed by atoms with Gasteiger partial charge < -0.3 is 99.2 Å². The van der Waals surface area contributed by atoms with Crippen LogP contribution >= 0.6 is 0 Å². The number of esters is 2. The zero-order valence-electron chi connectivity index (χ0n) is 30.3. The van der Waals surface area contributed by atoms with Gasteiger partial charge in [-0.15, -0.1) is 0 Å². The van der Waals surface area contributed by atoms with Crippen molar-refractivity contribution in [1.82, 2.24) is 10.6 Å². The molecule has 0 aliphatic carbocycles. The van der Waals surface area contributed by atoms with Gasteiger partial charge in [0.25, 0.3) is 0 Å². The van der Waals surface area contributed by atoms with Gasteiger partial charge >= 0.3 is 11.9 Å². The fraction of sp³-hybridized carbons (Fsp3) is 0.871. The Bertz CT molecular complexity index is 1330. The molecule has 4 fully saturated rings. The average Bonchev–Trinajstić information content (AvgIpc) is 3.15. The first-order valence-corrected chi connectivity index (χ1v) is 17.2. The Kier molecular flexibility index (Phi) is 15.6. The Morgan fingerprint density at radius 1 is 0.527 bits per heavy atom. The van der Waals surface area contributed by atoms with Crippen LogP contribution in [-0.4, -0.2) is 220 Å². The van der Waals surface area contributed by atoms with Crippen molar-refractivity contribution in [1.29, 1.82) is 0 Å². The molecule has 0 aromatic heterocycles. The first kappa shape index (κ1) is 44.9. The van der Waals surface area contributed by atoms with E-state index in [0.29, 0.717) is 0 Å². The second-order valence-electron chi connectivity index (χ2n) is 13.4. The van der Waals surface area contributed by atoms with E-state index in [-0.39, 0.29) is 0 Å². The van der Waals surface area contributed by atoms with Crippen LogP contribution in [0.1, 0.15) is 20.8 Å². The van der Waals surface area contributed by atoms with E-state index in [0.717, 1.165) is 28.1 Å². The molecule has 0 spiro atoms. The van der Waals surface area contributed by atoms with E-state index in [4.69, 9.17) is 42.6 Å². The lowest BCUT2D eigenvalue weighted by Gasteiger charge is -2.50. The molecule has 55 heavy (non-hydrogen) atoms. The minimum absolute atomic E-state index is 0.723. The summed E-state index contributed by atoms with van der Waals surface area (Å²) in [6, 6.07) is -3.21. The van der Waals surface area contributed by atoms with Gasteiger partial charge in [-0.2, -0.15) is 0 Å². The van der Waals surface area contributed by atoms with E-state index in [1.807, 2.05) is 0 Å². The van der Waals surface area contributed by atoms with Gasteiger partial charge in [0.2, 0.25) is 11.8 Å². The topological polar surface area (TPSA) is 357 Å². The second kappa shape index (κ2) is 19.1. The van der Waals surface area contributed by atoms with Gasteiger partial charge in [-0.25, -0.2) is 9.59 Å². The van der Waals surface area contributed by atoms with Crippen molar-refractivity contribution in [3.63, 3.8) is 0 Å². The molecule has 24 nitrogen and oxygen atoms in total. The Labute approximate surface area is 313 Å². The number of nitrogens with one attached hydrogen (secondary N) is 2. The first-order chi connectivity index (χ1) is 25.9. The van der Waals surface area contributed by atoms with Crippen molar-refractivity contribution in [2.45, 2.75) is 143 Å². The molecular weight excluding hydrogens is 752 g/mol. The van der Waals surface area contributed by atoms with Crippen molar-refractivity contribution < 1.29 is 108 Å². The molecule has 0 aromatic rings. The Morgan fingerprint density at radius 2 is 0.964 bits per heavy atom. The van der Waals surface area contributed by atoms with Gasteiger partial charge in [-0.1, -0.05) is 0 Å². The number of amides is 2. The van der Waals surface area contributed by atoms with Gasteiger partial charge in [-0.05, 0) is 6.92 Å². The van der Waals surface area contributed by atoms with Crippen LogP contribution in [0.15, 0.2) is 0 Å². The predicted octanol–water partition coefficient (Wildman–Crippen LogP) is -8.03. The van der Waals surface area contributed by atoms with Gasteiger partial charge in [0.15, 0.2) is 31.1 Å². The molecular formula is C31H50N2O22. The summed E-state index contributed by atoms with van der Waals surface area (Å²) in [6.07, 6.45) is -32.3. The van der Waals surface area contributed by atoms with E-state index in [1.54, 1.807) is 0 Å². The van der Waals surface area contributed by atoms with E-state index >= 15 is 0 Å². The van der Waals surface area contributed by atoms with Gasteiger partial charge in [0.1, 0.15) is 85.3 Å². The molecule has 20 atom stereocenters. The third-order valence-electron chi connectivity index (χ3n) is 9.59. The number of aliphatic hydroxyl groups excluding tert-OH is 9. The third kappa shape index (κ3) is 9.69. The van der Waals surface area contributed by atoms with Crippen LogP contribution in [0, 0.1) is 0 Å².